The minimum atomic E-state index is -0.576. The van der Waals surface area contributed by atoms with Crippen molar-refractivity contribution in [2.24, 2.45) is 0 Å². The molecule has 0 bridgehead atoms. The second kappa shape index (κ2) is 8.53. The van der Waals surface area contributed by atoms with Gasteiger partial charge in [0.15, 0.2) is 11.6 Å². The topological polar surface area (TPSA) is 46.0 Å². The first-order valence-corrected chi connectivity index (χ1v) is 8.10. The molecule has 0 aliphatic carbocycles. The van der Waals surface area contributed by atoms with Crippen LogP contribution in [0.2, 0.25) is 0 Å². The van der Waals surface area contributed by atoms with Crippen LogP contribution in [0, 0.1) is 5.82 Å². The molecule has 0 saturated heterocycles. The van der Waals surface area contributed by atoms with Gasteiger partial charge in [0.05, 0.1) is 11.4 Å². The largest absolute Gasteiger partial charge is 0.505 e. The molecule has 3 nitrogen and oxygen atoms in total. The molecule has 0 aliphatic rings. The van der Waals surface area contributed by atoms with E-state index in [0.717, 1.165) is 22.5 Å². The summed E-state index contributed by atoms with van der Waals surface area (Å²) >= 11 is 0. The smallest absolute Gasteiger partial charge is 0.164 e. The Hall–Kier alpha value is -3.53. The molecule has 0 fully saturated rings. The van der Waals surface area contributed by atoms with Crippen LogP contribution in [0.15, 0.2) is 97.3 Å². The number of hydrogen-bond donors (Lipinski definition) is 1. The molecule has 4 heteroatoms. The highest BCUT2D eigenvalue weighted by Crippen LogP contribution is 2.23. The summed E-state index contributed by atoms with van der Waals surface area (Å²) < 4.78 is 12.1. The average molecular weight is 344 g/mol. The summed E-state index contributed by atoms with van der Waals surface area (Å²) in [6, 6.07) is 25.7. The molecule has 4 rings (SSSR count). The van der Waals surface area contributed by atoms with Gasteiger partial charge in [0.1, 0.15) is 0 Å². The summed E-state index contributed by atoms with van der Waals surface area (Å²) in [5.74, 6) is -0.875. The van der Waals surface area contributed by atoms with Crippen molar-refractivity contribution in [3.8, 4) is 28.3 Å². The Kier molecular flexibility index (Phi) is 5.68. The Morgan fingerprint density at radius 2 is 1.15 bits per heavy atom. The molecule has 0 atom stereocenters. The molecule has 0 amide bonds. The number of benzene rings is 2. The quantitative estimate of drug-likeness (QED) is 0.534. The third kappa shape index (κ3) is 4.51. The van der Waals surface area contributed by atoms with Crippen LogP contribution >= 0.6 is 0 Å². The number of para-hydroxylation sites is 1. The summed E-state index contributed by atoms with van der Waals surface area (Å²) in [5.41, 5.74) is 4.18. The molecule has 0 unspecified atom stereocenters. The first-order valence-electron chi connectivity index (χ1n) is 8.10. The van der Waals surface area contributed by atoms with Gasteiger partial charge in [0.2, 0.25) is 0 Å². The Labute approximate surface area is 151 Å². The third-order valence-electron chi connectivity index (χ3n) is 3.64. The van der Waals surface area contributed by atoms with Crippen molar-refractivity contribution in [3.63, 3.8) is 0 Å². The van der Waals surface area contributed by atoms with E-state index in [9.17, 15) is 4.39 Å². The summed E-state index contributed by atoms with van der Waals surface area (Å²) in [6.45, 7) is 0. The maximum atomic E-state index is 12.1. The van der Waals surface area contributed by atoms with Gasteiger partial charge in [-0.15, -0.1) is 0 Å². The summed E-state index contributed by atoms with van der Waals surface area (Å²) in [7, 11) is 0. The molecule has 2 aromatic heterocycles. The van der Waals surface area contributed by atoms with Crippen molar-refractivity contribution < 1.29 is 9.50 Å². The highest BCUT2D eigenvalue weighted by molar-refractivity contribution is 5.69. The van der Waals surface area contributed by atoms with Crippen LogP contribution in [0.3, 0.4) is 0 Å². The minimum Gasteiger partial charge on any atom is -0.505 e. The lowest BCUT2D eigenvalue weighted by Gasteiger charge is -2.04. The first kappa shape index (κ1) is 17.3. The standard InChI is InChI=1S/C16H12N2.C6H5FO/c1-3-10-17-15(8-1)13-6-5-7-14(12-13)16-9-2-4-11-18-16;7-5-3-1-2-4-6(5)8/h1-12H;1-4,8H. The molecule has 2 aromatic carbocycles. The highest BCUT2D eigenvalue weighted by atomic mass is 19.1. The molecular weight excluding hydrogens is 327 g/mol. The molecule has 0 aliphatic heterocycles. The first-order chi connectivity index (χ1) is 12.7. The fourth-order valence-corrected chi connectivity index (χ4v) is 2.36. The van der Waals surface area contributed by atoms with Gasteiger partial charge < -0.3 is 5.11 Å². The average Bonchev–Trinajstić information content (AvgIpc) is 2.72. The Bertz CT molecular complexity index is 884. The molecule has 128 valence electrons. The van der Waals surface area contributed by atoms with E-state index in [0.29, 0.717) is 0 Å². The van der Waals surface area contributed by atoms with Crippen LogP contribution < -0.4 is 0 Å². The fraction of sp³-hybridized carbons (Fsp3) is 0. The van der Waals surface area contributed by atoms with Crippen LogP contribution in [0.5, 0.6) is 5.75 Å². The van der Waals surface area contributed by atoms with E-state index in [4.69, 9.17) is 5.11 Å². The Morgan fingerprint density at radius 3 is 1.58 bits per heavy atom. The van der Waals surface area contributed by atoms with E-state index in [1.54, 1.807) is 6.07 Å². The second-order valence-electron chi connectivity index (χ2n) is 5.46. The number of halogens is 1. The van der Waals surface area contributed by atoms with Gasteiger partial charge in [-0.25, -0.2) is 4.39 Å². The minimum absolute atomic E-state index is 0.299. The van der Waals surface area contributed by atoms with Gasteiger partial charge in [-0.3, -0.25) is 9.97 Å². The zero-order valence-electron chi connectivity index (χ0n) is 14.0. The van der Waals surface area contributed by atoms with E-state index < -0.39 is 5.82 Å². The van der Waals surface area contributed by atoms with Gasteiger partial charge in [0.25, 0.3) is 0 Å². The normalized spacial score (nSPS) is 9.88. The molecule has 2 heterocycles. The number of nitrogens with zero attached hydrogens (tertiary/aromatic N) is 2. The molecule has 4 aromatic rings. The van der Waals surface area contributed by atoms with Crippen molar-refractivity contribution in [1.82, 2.24) is 9.97 Å². The number of aromatic nitrogens is 2. The Morgan fingerprint density at radius 1 is 0.615 bits per heavy atom. The predicted octanol–water partition coefficient (Wildman–Crippen LogP) is 5.34. The number of phenolic OH excluding ortho intramolecular Hbond substituents is 1. The maximum Gasteiger partial charge on any atom is 0.164 e. The van der Waals surface area contributed by atoms with E-state index in [1.165, 1.54) is 18.2 Å². The highest BCUT2D eigenvalue weighted by Gasteiger charge is 2.02. The van der Waals surface area contributed by atoms with E-state index in [1.807, 2.05) is 54.9 Å². The van der Waals surface area contributed by atoms with Crippen LogP contribution in [0.25, 0.3) is 22.5 Å². The van der Waals surface area contributed by atoms with E-state index in [-0.39, 0.29) is 5.75 Å². The lowest BCUT2D eigenvalue weighted by Crippen LogP contribution is -1.85. The Balaban J connectivity index is 0.000000206. The zero-order valence-corrected chi connectivity index (χ0v) is 14.0. The molecule has 26 heavy (non-hydrogen) atoms. The third-order valence-corrected chi connectivity index (χ3v) is 3.64. The van der Waals surface area contributed by atoms with Crippen LogP contribution in [-0.4, -0.2) is 15.1 Å². The molecule has 0 radical (unpaired) electrons. The van der Waals surface area contributed by atoms with Gasteiger partial charge >= 0.3 is 0 Å². The molecular formula is C22H17FN2O. The SMILES string of the molecule is Oc1ccccc1F.c1ccc(-c2cccc(-c3ccccn3)c2)nc1. The van der Waals surface area contributed by atoms with Gasteiger partial charge in [-0.1, -0.05) is 42.5 Å². The molecule has 0 spiro atoms. The number of aromatic hydroxyl groups is 1. The van der Waals surface area contributed by atoms with Crippen molar-refractivity contribution in [3.05, 3.63) is 103 Å². The van der Waals surface area contributed by atoms with Gasteiger partial charge in [-0.05, 0) is 42.5 Å². The van der Waals surface area contributed by atoms with Crippen LogP contribution in [-0.2, 0) is 0 Å². The summed E-state index contributed by atoms with van der Waals surface area (Å²) in [5, 5.41) is 8.54. The number of phenols is 1. The van der Waals surface area contributed by atoms with Crippen LogP contribution in [0.1, 0.15) is 0 Å². The van der Waals surface area contributed by atoms with Crippen molar-refractivity contribution >= 4 is 0 Å². The number of pyridine rings is 2. The fourth-order valence-electron chi connectivity index (χ4n) is 2.36. The number of rotatable bonds is 2. The molecule has 1 N–H and O–H groups in total. The van der Waals surface area contributed by atoms with Gasteiger partial charge in [-0.2, -0.15) is 0 Å². The van der Waals surface area contributed by atoms with Crippen molar-refractivity contribution in [2.45, 2.75) is 0 Å². The molecule has 0 saturated carbocycles. The zero-order chi connectivity index (χ0) is 18.2. The van der Waals surface area contributed by atoms with E-state index >= 15 is 0 Å². The maximum absolute atomic E-state index is 12.1. The lowest BCUT2D eigenvalue weighted by molar-refractivity contribution is 0.432. The monoisotopic (exact) mass is 344 g/mol. The van der Waals surface area contributed by atoms with Crippen molar-refractivity contribution in [1.29, 1.82) is 0 Å². The van der Waals surface area contributed by atoms with Crippen molar-refractivity contribution in [2.75, 3.05) is 0 Å². The predicted molar refractivity (Wildman–Crippen MR) is 101 cm³/mol. The summed E-state index contributed by atoms with van der Waals surface area (Å²) in [6.07, 6.45) is 3.62. The second-order valence-corrected chi connectivity index (χ2v) is 5.46. The summed E-state index contributed by atoms with van der Waals surface area (Å²) in [4.78, 5) is 8.73. The van der Waals surface area contributed by atoms with E-state index in [2.05, 4.69) is 28.2 Å². The lowest BCUT2D eigenvalue weighted by atomic mass is 10.1. The van der Waals surface area contributed by atoms with Crippen LogP contribution in [0.4, 0.5) is 4.39 Å². The van der Waals surface area contributed by atoms with Gasteiger partial charge in [0, 0.05) is 23.5 Å². The number of hydrogen-bond acceptors (Lipinski definition) is 3.